The molecule has 0 spiro atoms. The Kier molecular flexibility index (Phi) is 7.51. The minimum Gasteiger partial charge on any atom is -0.406 e. The number of halogens is 4. The second-order valence-corrected chi connectivity index (χ2v) is 12.9. The van der Waals surface area contributed by atoms with E-state index in [9.17, 15) is 17.6 Å². The summed E-state index contributed by atoms with van der Waals surface area (Å²) in [7, 11) is 0. The highest BCUT2D eigenvalue weighted by atomic mass is 19.4. The highest BCUT2D eigenvalue weighted by Crippen LogP contribution is 2.48. The largest absolute Gasteiger partial charge is 0.573 e. The van der Waals surface area contributed by atoms with Crippen molar-refractivity contribution in [3.63, 3.8) is 0 Å². The maximum atomic E-state index is 14.0. The smallest absolute Gasteiger partial charge is 0.406 e. The first-order valence-corrected chi connectivity index (χ1v) is 16.9. The molecule has 0 aliphatic heterocycles. The third-order valence-corrected chi connectivity index (χ3v) is 9.83. The van der Waals surface area contributed by atoms with Gasteiger partial charge in [-0.3, -0.25) is 0 Å². The summed E-state index contributed by atoms with van der Waals surface area (Å²) < 4.78 is 57.1. The first kappa shape index (κ1) is 31.5. The minimum absolute atomic E-state index is 0.269. The lowest BCUT2D eigenvalue weighted by molar-refractivity contribution is -0.274. The Bertz CT molecular complexity index is 2790. The Morgan fingerprint density at radius 3 is 1.27 bits per heavy atom. The predicted molar refractivity (Wildman–Crippen MR) is 205 cm³/mol. The Balaban J connectivity index is 1.41. The van der Waals surface area contributed by atoms with Crippen LogP contribution in [0.1, 0.15) is 0 Å². The van der Waals surface area contributed by atoms with Crippen LogP contribution in [0.15, 0.2) is 170 Å². The molecular weight excluding hydrogens is 657 g/mol. The van der Waals surface area contributed by atoms with Crippen LogP contribution in [0.5, 0.6) is 5.75 Å². The molecule has 0 radical (unpaired) electrons. The Morgan fingerprint density at radius 1 is 0.365 bits per heavy atom. The van der Waals surface area contributed by atoms with Gasteiger partial charge in [-0.1, -0.05) is 133 Å². The zero-order valence-electron chi connectivity index (χ0n) is 27.6. The van der Waals surface area contributed by atoms with Crippen molar-refractivity contribution in [1.82, 2.24) is 0 Å². The molecule has 0 bridgehead atoms. The molecule has 9 aromatic rings. The molecule has 0 fully saturated rings. The molecule has 0 heterocycles. The van der Waals surface area contributed by atoms with E-state index in [1.807, 2.05) is 24.3 Å². The number of hydrogen-bond donors (Lipinski definition) is 0. The molecule has 0 amide bonds. The second kappa shape index (κ2) is 12.4. The molecule has 0 aliphatic rings. The lowest BCUT2D eigenvalue weighted by atomic mass is 9.82. The van der Waals surface area contributed by atoms with E-state index in [1.165, 1.54) is 24.3 Å². The zero-order chi connectivity index (χ0) is 35.4. The van der Waals surface area contributed by atoms with E-state index in [2.05, 4.69) is 102 Å². The van der Waals surface area contributed by atoms with Gasteiger partial charge in [0.25, 0.3) is 0 Å². The summed E-state index contributed by atoms with van der Waals surface area (Å²) in [5, 5.41) is 8.58. The zero-order valence-corrected chi connectivity index (χ0v) is 27.6. The number of benzene rings is 9. The number of rotatable bonds is 5. The maximum Gasteiger partial charge on any atom is 0.573 e. The van der Waals surface area contributed by atoms with Crippen LogP contribution in [-0.4, -0.2) is 6.36 Å². The van der Waals surface area contributed by atoms with Gasteiger partial charge in [-0.15, -0.1) is 13.2 Å². The van der Waals surface area contributed by atoms with E-state index in [0.717, 1.165) is 87.6 Å². The summed E-state index contributed by atoms with van der Waals surface area (Å²) in [6.07, 6.45) is -4.77. The van der Waals surface area contributed by atoms with E-state index < -0.39 is 6.36 Å². The first-order chi connectivity index (χ1) is 25.3. The number of alkyl halides is 3. The Morgan fingerprint density at radius 2 is 0.788 bits per heavy atom. The average molecular weight is 685 g/mol. The Hall–Kier alpha value is -6.46. The molecule has 0 atom stereocenters. The molecule has 0 aromatic heterocycles. The van der Waals surface area contributed by atoms with E-state index >= 15 is 0 Å². The molecule has 0 unspecified atom stereocenters. The molecule has 9 aromatic carbocycles. The van der Waals surface area contributed by atoms with Crippen molar-refractivity contribution >= 4 is 43.1 Å². The maximum absolute atomic E-state index is 14.0. The SMILES string of the molecule is Fc1ccc(-c2ccc3c(-c4cccc5ccccc45)c4cc(-c5ccc(OC(F)(F)F)cc5)ccc4c(-c4cccc5ccccc45)c3c2)cc1. The molecule has 9 rings (SSSR count). The fourth-order valence-electron chi connectivity index (χ4n) is 7.55. The molecule has 1 nitrogen and oxygen atoms in total. The van der Waals surface area contributed by atoms with Crippen LogP contribution in [0, 0.1) is 5.82 Å². The molecular formula is C47H28F4O. The van der Waals surface area contributed by atoms with Gasteiger partial charge in [0.15, 0.2) is 0 Å². The highest BCUT2D eigenvalue weighted by molar-refractivity contribution is 6.26. The normalized spacial score (nSPS) is 11.8. The van der Waals surface area contributed by atoms with Crippen LogP contribution in [0.4, 0.5) is 17.6 Å². The van der Waals surface area contributed by atoms with Crippen LogP contribution >= 0.6 is 0 Å². The predicted octanol–water partition coefficient (Wildman–Crippen LogP) is 14.0. The lowest BCUT2D eigenvalue weighted by Crippen LogP contribution is -2.16. The van der Waals surface area contributed by atoms with E-state index in [-0.39, 0.29) is 11.6 Å². The molecule has 52 heavy (non-hydrogen) atoms. The second-order valence-electron chi connectivity index (χ2n) is 12.9. The summed E-state index contributed by atoms with van der Waals surface area (Å²) in [4.78, 5) is 0. The molecule has 250 valence electrons. The van der Waals surface area contributed by atoms with Gasteiger partial charge in [-0.2, -0.15) is 0 Å². The van der Waals surface area contributed by atoms with E-state index in [0.29, 0.717) is 0 Å². The van der Waals surface area contributed by atoms with Gasteiger partial charge >= 0.3 is 6.36 Å². The van der Waals surface area contributed by atoms with Gasteiger partial charge in [0.1, 0.15) is 11.6 Å². The molecule has 0 aliphatic carbocycles. The van der Waals surface area contributed by atoms with Crippen LogP contribution in [0.2, 0.25) is 0 Å². The summed E-state index contributed by atoms with van der Waals surface area (Å²) in [6.45, 7) is 0. The van der Waals surface area contributed by atoms with Gasteiger partial charge < -0.3 is 4.74 Å². The number of fused-ring (bicyclic) bond motifs is 4. The van der Waals surface area contributed by atoms with Crippen molar-refractivity contribution < 1.29 is 22.3 Å². The van der Waals surface area contributed by atoms with Crippen LogP contribution in [0.3, 0.4) is 0 Å². The molecule has 5 heteroatoms. The standard InChI is InChI=1S/C47H28F4O/c48-35-21-15-29(16-22-35)33-19-25-41-43(27-33)45(39-13-5-9-31-7-1-3-11-37(31)39)42-26-20-34(30-17-23-36(24-18-30)52-47(49,50)51)28-44(42)46(41)40-14-6-10-32-8-2-4-12-38(32)40/h1-28H. The summed E-state index contributed by atoms with van der Waals surface area (Å²) in [6, 6.07) is 54.7. The highest BCUT2D eigenvalue weighted by Gasteiger charge is 2.31. The van der Waals surface area contributed by atoms with Gasteiger partial charge in [-0.05, 0) is 124 Å². The average Bonchev–Trinajstić information content (AvgIpc) is 3.16. The van der Waals surface area contributed by atoms with Crippen molar-refractivity contribution in [3.05, 3.63) is 176 Å². The summed E-state index contributed by atoms with van der Waals surface area (Å²) in [5.74, 6) is -0.557. The fraction of sp³-hybridized carbons (Fsp3) is 0.0213. The van der Waals surface area contributed by atoms with Gasteiger partial charge in [0.2, 0.25) is 0 Å². The third-order valence-electron chi connectivity index (χ3n) is 9.83. The number of hydrogen-bond acceptors (Lipinski definition) is 1. The fourth-order valence-corrected chi connectivity index (χ4v) is 7.55. The van der Waals surface area contributed by atoms with E-state index in [4.69, 9.17) is 0 Å². The summed E-state index contributed by atoms with van der Waals surface area (Å²) in [5.41, 5.74) is 7.76. The summed E-state index contributed by atoms with van der Waals surface area (Å²) >= 11 is 0. The van der Waals surface area contributed by atoms with Gasteiger partial charge in [0.05, 0.1) is 0 Å². The lowest BCUT2D eigenvalue weighted by Gasteiger charge is -2.21. The van der Waals surface area contributed by atoms with Crippen molar-refractivity contribution in [3.8, 4) is 50.3 Å². The van der Waals surface area contributed by atoms with Crippen molar-refractivity contribution in [2.75, 3.05) is 0 Å². The van der Waals surface area contributed by atoms with Crippen molar-refractivity contribution in [1.29, 1.82) is 0 Å². The van der Waals surface area contributed by atoms with Crippen molar-refractivity contribution in [2.45, 2.75) is 6.36 Å². The minimum atomic E-state index is -4.77. The van der Waals surface area contributed by atoms with Crippen LogP contribution in [-0.2, 0) is 0 Å². The topological polar surface area (TPSA) is 9.23 Å². The molecule has 0 saturated heterocycles. The Labute approximate surface area is 297 Å². The third kappa shape index (κ3) is 5.61. The first-order valence-electron chi connectivity index (χ1n) is 16.9. The van der Waals surface area contributed by atoms with Gasteiger partial charge in [-0.25, -0.2) is 4.39 Å². The van der Waals surface area contributed by atoms with Gasteiger partial charge in [0, 0.05) is 0 Å². The number of ether oxygens (including phenoxy) is 1. The monoisotopic (exact) mass is 684 g/mol. The van der Waals surface area contributed by atoms with Crippen molar-refractivity contribution in [2.24, 2.45) is 0 Å². The van der Waals surface area contributed by atoms with Crippen LogP contribution < -0.4 is 4.74 Å². The van der Waals surface area contributed by atoms with E-state index in [1.54, 1.807) is 24.3 Å². The molecule has 0 N–H and O–H groups in total. The van der Waals surface area contributed by atoms with Crippen LogP contribution in [0.25, 0.3) is 87.6 Å². The quantitative estimate of drug-likeness (QED) is 0.130. The molecule has 0 saturated carbocycles.